The summed E-state index contributed by atoms with van der Waals surface area (Å²) in [6, 6.07) is 0. The maximum Gasteiger partial charge on any atom is 0.245 e. The molecule has 14 heteroatoms. The molecule has 4 rings (SSSR count). The van der Waals surface area contributed by atoms with E-state index in [0.717, 1.165) is 12.1 Å². The van der Waals surface area contributed by atoms with E-state index in [1.807, 2.05) is 20.8 Å². The molecule has 3 aromatic heterocycles. The van der Waals surface area contributed by atoms with Crippen LogP contribution in [0.5, 0.6) is 11.8 Å². The van der Waals surface area contributed by atoms with Gasteiger partial charge in [-0.3, -0.25) is 14.5 Å². The Bertz CT molecular complexity index is 1320. The second-order valence-corrected chi connectivity index (χ2v) is 11.6. The van der Waals surface area contributed by atoms with Gasteiger partial charge in [-0.1, -0.05) is 0 Å². The van der Waals surface area contributed by atoms with Gasteiger partial charge in [0.1, 0.15) is 24.3 Å². The molecule has 0 aliphatic carbocycles. The molecular formula is C24H33N7O6S. The maximum atomic E-state index is 13.9. The largest absolute Gasteiger partial charge is 0.479 e. The Morgan fingerprint density at radius 1 is 1.05 bits per heavy atom. The van der Waals surface area contributed by atoms with E-state index in [1.54, 1.807) is 23.9 Å². The summed E-state index contributed by atoms with van der Waals surface area (Å²) in [4.78, 5) is 17.1. The van der Waals surface area contributed by atoms with Crippen LogP contribution in [0.25, 0.3) is 5.69 Å². The average Bonchev–Trinajstić information content (AvgIpc) is 3.56. The first-order valence-electron chi connectivity index (χ1n) is 12.3. The van der Waals surface area contributed by atoms with Gasteiger partial charge in [0.05, 0.1) is 43.2 Å². The van der Waals surface area contributed by atoms with Crippen LogP contribution in [0.15, 0.2) is 18.7 Å². The molecular weight excluding hydrogens is 514 g/mol. The molecule has 0 aromatic carbocycles. The van der Waals surface area contributed by atoms with Crippen molar-refractivity contribution >= 4 is 9.84 Å². The highest BCUT2D eigenvalue weighted by Gasteiger charge is 2.37. The summed E-state index contributed by atoms with van der Waals surface area (Å²) in [6.45, 7) is 7.65. The maximum absolute atomic E-state index is 13.9. The highest BCUT2D eigenvalue weighted by Crippen LogP contribution is 2.36. The van der Waals surface area contributed by atoms with Crippen LogP contribution in [0.2, 0.25) is 0 Å². The molecule has 13 nitrogen and oxygen atoms in total. The fraction of sp³-hybridized carbons (Fsp3) is 0.583. The lowest BCUT2D eigenvalue weighted by molar-refractivity contribution is 0.00382. The summed E-state index contributed by atoms with van der Waals surface area (Å²) < 4.78 is 52.1. The smallest absolute Gasteiger partial charge is 0.245 e. The number of hydrogen-bond donors (Lipinski definition) is 0. The quantitative estimate of drug-likeness (QED) is 0.346. The van der Waals surface area contributed by atoms with Crippen LogP contribution in [-0.4, -0.2) is 75.3 Å². The van der Waals surface area contributed by atoms with Crippen molar-refractivity contribution in [2.75, 3.05) is 20.8 Å². The number of aryl methyl sites for hydroxylation is 1. The number of hydrogen-bond acceptors (Lipinski definition) is 12. The van der Waals surface area contributed by atoms with E-state index in [0.29, 0.717) is 30.2 Å². The van der Waals surface area contributed by atoms with Crippen molar-refractivity contribution in [1.29, 1.82) is 0 Å². The monoisotopic (exact) mass is 547 g/mol. The zero-order chi connectivity index (χ0) is 27.4. The van der Waals surface area contributed by atoms with Crippen LogP contribution < -0.4 is 9.47 Å². The molecule has 1 saturated heterocycles. The lowest BCUT2D eigenvalue weighted by atomic mass is 10.2. The van der Waals surface area contributed by atoms with E-state index >= 15 is 0 Å². The molecule has 0 unspecified atom stereocenters. The molecule has 1 aliphatic heterocycles. The molecule has 0 bridgehead atoms. The molecule has 3 aromatic rings. The number of rotatable bonds is 11. The Balaban J connectivity index is 1.78. The van der Waals surface area contributed by atoms with Gasteiger partial charge in [0.25, 0.3) is 0 Å². The number of aromatic nitrogens is 7. The van der Waals surface area contributed by atoms with Crippen molar-refractivity contribution in [3.8, 4) is 17.4 Å². The van der Waals surface area contributed by atoms with Crippen molar-refractivity contribution in [2.24, 2.45) is 0 Å². The summed E-state index contributed by atoms with van der Waals surface area (Å²) >= 11 is 0. The predicted molar refractivity (Wildman–Crippen MR) is 136 cm³/mol. The number of methoxy groups -OCH3 is 2. The van der Waals surface area contributed by atoms with Crippen LogP contribution in [-0.2, 0) is 25.1 Å². The standard InChI is InChI=1S/C24H33N7O6S/c1-14(2)37-21(17-11-25-15(3)10-26-17)16(4)38(32,33)12-19-29-30-22(18-8-7-9-36-18)31(19)20-23(34-5)27-13-28-24(20)35-6/h10-11,13-14,16,18,21H,7-9,12H2,1-6H3/t16-,18-,21+/m0/s1. The minimum Gasteiger partial charge on any atom is -0.479 e. The third-order valence-corrected chi connectivity index (χ3v) is 8.21. The van der Waals surface area contributed by atoms with Gasteiger partial charge in [-0.25, -0.2) is 8.42 Å². The fourth-order valence-corrected chi connectivity index (χ4v) is 5.65. The first-order chi connectivity index (χ1) is 18.2. The van der Waals surface area contributed by atoms with Crippen molar-refractivity contribution < 1.29 is 27.4 Å². The van der Waals surface area contributed by atoms with Crippen LogP contribution in [0.4, 0.5) is 0 Å². The van der Waals surface area contributed by atoms with Gasteiger partial charge in [0.15, 0.2) is 27.2 Å². The van der Waals surface area contributed by atoms with Crippen molar-refractivity contribution in [1.82, 2.24) is 34.7 Å². The van der Waals surface area contributed by atoms with Gasteiger partial charge in [-0.05, 0) is 40.5 Å². The molecule has 0 radical (unpaired) electrons. The zero-order valence-electron chi connectivity index (χ0n) is 22.4. The third kappa shape index (κ3) is 5.76. The zero-order valence-corrected chi connectivity index (χ0v) is 23.2. The van der Waals surface area contributed by atoms with Gasteiger partial charge in [0, 0.05) is 12.8 Å². The first kappa shape index (κ1) is 27.8. The summed E-state index contributed by atoms with van der Waals surface area (Å²) in [5.41, 5.74) is 1.45. The summed E-state index contributed by atoms with van der Waals surface area (Å²) in [5, 5.41) is 7.63. The SMILES string of the molecule is COc1ncnc(OC)c1-n1c(CS(=O)(=O)[C@@H](C)[C@@H](OC(C)C)c2cnc(C)cn2)nnc1[C@@H]1CCCO1. The lowest BCUT2D eigenvalue weighted by Gasteiger charge is -2.26. The lowest BCUT2D eigenvalue weighted by Crippen LogP contribution is -2.31. The molecule has 0 amide bonds. The fourth-order valence-electron chi connectivity index (χ4n) is 4.26. The van der Waals surface area contributed by atoms with Crippen molar-refractivity contribution in [2.45, 2.75) is 69.9 Å². The van der Waals surface area contributed by atoms with Crippen molar-refractivity contribution in [3.63, 3.8) is 0 Å². The highest BCUT2D eigenvalue weighted by molar-refractivity contribution is 7.91. The summed E-state index contributed by atoms with van der Waals surface area (Å²) in [7, 11) is -0.966. The van der Waals surface area contributed by atoms with E-state index in [9.17, 15) is 8.42 Å². The molecule has 0 saturated carbocycles. The van der Waals surface area contributed by atoms with Gasteiger partial charge in [-0.2, -0.15) is 9.97 Å². The summed E-state index contributed by atoms with van der Waals surface area (Å²) in [6.07, 6.45) is 4.51. The Kier molecular flexibility index (Phi) is 8.53. The molecule has 3 atom stereocenters. The van der Waals surface area contributed by atoms with Crippen LogP contribution in [0.3, 0.4) is 0 Å². The Labute approximate surface area is 221 Å². The molecule has 1 aliphatic rings. The number of nitrogens with zero attached hydrogens (tertiary/aromatic N) is 7. The molecule has 1 fully saturated rings. The normalized spacial score (nSPS) is 17.5. The van der Waals surface area contributed by atoms with Gasteiger partial charge < -0.3 is 18.9 Å². The molecule has 0 N–H and O–H groups in total. The van der Waals surface area contributed by atoms with E-state index in [2.05, 4.69) is 30.1 Å². The molecule has 206 valence electrons. The van der Waals surface area contributed by atoms with Gasteiger partial charge in [0.2, 0.25) is 11.8 Å². The van der Waals surface area contributed by atoms with Gasteiger partial charge in [-0.15, -0.1) is 10.2 Å². The number of sulfone groups is 1. The van der Waals surface area contributed by atoms with Gasteiger partial charge >= 0.3 is 0 Å². The minimum atomic E-state index is -3.88. The van der Waals surface area contributed by atoms with Crippen LogP contribution >= 0.6 is 0 Å². The van der Waals surface area contributed by atoms with E-state index < -0.39 is 26.9 Å². The molecule has 4 heterocycles. The second-order valence-electron chi connectivity index (χ2n) is 9.25. The second kappa shape index (κ2) is 11.7. The minimum absolute atomic E-state index is 0.145. The van der Waals surface area contributed by atoms with Crippen molar-refractivity contribution in [3.05, 3.63) is 41.8 Å². The Hall–Kier alpha value is -3.23. The summed E-state index contributed by atoms with van der Waals surface area (Å²) in [5.74, 6) is 0.474. The highest BCUT2D eigenvalue weighted by atomic mass is 32.2. The topological polar surface area (TPSA) is 153 Å². The third-order valence-electron chi connectivity index (χ3n) is 6.17. The van der Waals surface area contributed by atoms with E-state index in [1.165, 1.54) is 20.5 Å². The molecule has 38 heavy (non-hydrogen) atoms. The Morgan fingerprint density at radius 3 is 2.32 bits per heavy atom. The first-order valence-corrected chi connectivity index (χ1v) is 14.0. The predicted octanol–water partition coefficient (Wildman–Crippen LogP) is 2.49. The van der Waals surface area contributed by atoms with E-state index in [4.69, 9.17) is 18.9 Å². The average molecular weight is 548 g/mol. The molecule has 0 spiro atoms. The number of ether oxygens (including phenoxy) is 4. The Morgan fingerprint density at radius 2 is 1.76 bits per heavy atom. The van der Waals surface area contributed by atoms with Crippen LogP contribution in [0.1, 0.15) is 68.9 Å². The van der Waals surface area contributed by atoms with E-state index in [-0.39, 0.29) is 29.8 Å². The van der Waals surface area contributed by atoms with Crippen LogP contribution in [0, 0.1) is 6.92 Å².